The van der Waals surface area contributed by atoms with E-state index in [1.54, 1.807) is 7.11 Å². The first kappa shape index (κ1) is 19.0. The molecule has 1 aromatic heterocycles. The summed E-state index contributed by atoms with van der Waals surface area (Å²) in [7, 11) is 1.62. The van der Waals surface area contributed by atoms with Gasteiger partial charge in [0.2, 0.25) is 17.6 Å². The van der Waals surface area contributed by atoms with Crippen molar-refractivity contribution >= 4 is 5.91 Å². The van der Waals surface area contributed by atoms with Crippen molar-refractivity contribution in [2.75, 3.05) is 7.11 Å². The second-order valence-corrected chi connectivity index (χ2v) is 6.71. The molecule has 1 aromatic carbocycles. The van der Waals surface area contributed by atoms with Gasteiger partial charge in [0.1, 0.15) is 11.8 Å². The highest BCUT2D eigenvalue weighted by Crippen LogP contribution is 2.26. The van der Waals surface area contributed by atoms with Crippen molar-refractivity contribution < 1.29 is 14.1 Å². The van der Waals surface area contributed by atoms with E-state index in [2.05, 4.69) is 29.3 Å². The number of aromatic nitrogens is 2. The number of hydrogen-bond acceptors (Lipinski definition) is 5. The molecule has 0 saturated heterocycles. The van der Waals surface area contributed by atoms with E-state index in [1.807, 2.05) is 38.1 Å². The lowest BCUT2D eigenvalue weighted by atomic mass is 9.98. The van der Waals surface area contributed by atoms with Crippen molar-refractivity contribution in [1.29, 1.82) is 0 Å². The van der Waals surface area contributed by atoms with Gasteiger partial charge in [0, 0.05) is 12.0 Å². The summed E-state index contributed by atoms with van der Waals surface area (Å²) in [4.78, 5) is 16.7. The van der Waals surface area contributed by atoms with E-state index in [-0.39, 0.29) is 17.9 Å². The molecule has 0 saturated carbocycles. The normalized spacial score (nSPS) is 13.5. The molecule has 1 heterocycles. The zero-order valence-corrected chi connectivity index (χ0v) is 15.6. The molecular formula is C19H27N3O3. The fourth-order valence-corrected chi connectivity index (χ4v) is 2.51. The SMILES string of the molecule is CC[C@H](C)[C@H](NC(=O)CC(C)C)c1nc(-c2ccc(OC)cc2)no1. The lowest BCUT2D eigenvalue weighted by Gasteiger charge is -2.21. The molecule has 0 radical (unpaired) electrons. The van der Waals surface area contributed by atoms with Crippen molar-refractivity contribution in [3.63, 3.8) is 0 Å². The molecule has 0 aliphatic carbocycles. The second kappa shape index (κ2) is 8.65. The Bertz CT molecular complexity index is 679. The van der Waals surface area contributed by atoms with Gasteiger partial charge >= 0.3 is 0 Å². The first-order chi connectivity index (χ1) is 11.9. The van der Waals surface area contributed by atoms with E-state index in [4.69, 9.17) is 9.26 Å². The topological polar surface area (TPSA) is 77.2 Å². The van der Waals surface area contributed by atoms with E-state index in [0.29, 0.717) is 24.1 Å². The maximum absolute atomic E-state index is 12.2. The number of nitrogens with one attached hydrogen (secondary N) is 1. The molecule has 25 heavy (non-hydrogen) atoms. The molecule has 6 nitrogen and oxygen atoms in total. The van der Waals surface area contributed by atoms with E-state index in [1.165, 1.54) is 0 Å². The van der Waals surface area contributed by atoms with Gasteiger partial charge in [0.25, 0.3) is 0 Å². The van der Waals surface area contributed by atoms with Gasteiger partial charge in [-0.3, -0.25) is 4.79 Å². The van der Waals surface area contributed by atoms with Gasteiger partial charge in [-0.05, 0) is 36.1 Å². The van der Waals surface area contributed by atoms with Gasteiger partial charge in [-0.15, -0.1) is 0 Å². The molecule has 2 aromatic rings. The zero-order valence-electron chi connectivity index (χ0n) is 15.6. The lowest BCUT2D eigenvalue weighted by Crippen LogP contribution is -2.33. The molecular weight excluding hydrogens is 318 g/mol. The van der Waals surface area contributed by atoms with E-state index in [0.717, 1.165) is 17.7 Å². The fraction of sp³-hybridized carbons (Fsp3) is 0.526. The predicted octanol–water partition coefficient (Wildman–Crippen LogP) is 3.99. The van der Waals surface area contributed by atoms with Crippen molar-refractivity contribution in [3.8, 4) is 17.1 Å². The van der Waals surface area contributed by atoms with E-state index >= 15 is 0 Å². The van der Waals surface area contributed by atoms with Crippen LogP contribution in [0.4, 0.5) is 0 Å². The average molecular weight is 345 g/mol. The Labute approximate surface area is 149 Å². The van der Waals surface area contributed by atoms with Crippen LogP contribution in [0.15, 0.2) is 28.8 Å². The summed E-state index contributed by atoms with van der Waals surface area (Å²) in [6.07, 6.45) is 1.37. The smallest absolute Gasteiger partial charge is 0.249 e. The summed E-state index contributed by atoms with van der Waals surface area (Å²) >= 11 is 0. The van der Waals surface area contributed by atoms with Gasteiger partial charge in [-0.25, -0.2) is 0 Å². The van der Waals surface area contributed by atoms with Crippen LogP contribution in [-0.4, -0.2) is 23.2 Å². The number of nitrogens with zero attached hydrogens (tertiary/aromatic N) is 2. The number of ether oxygens (including phenoxy) is 1. The summed E-state index contributed by atoms with van der Waals surface area (Å²) in [6.45, 7) is 8.18. The Morgan fingerprint density at radius 2 is 1.92 bits per heavy atom. The van der Waals surface area contributed by atoms with Crippen molar-refractivity contribution in [3.05, 3.63) is 30.2 Å². The zero-order chi connectivity index (χ0) is 18.4. The second-order valence-electron chi connectivity index (χ2n) is 6.71. The monoisotopic (exact) mass is 345 g/mol. The molecule has 0 unspecified atom stereocenters. The van der Waals surface area contributed by atoms with Crippen molar-refractivity contribution in [2.45, 2.75) is 46.6 Å². The van der Waals surface area contributed by atoms with E-state index < -0.39 is 0 Å². The van der Waals surface area contributed by atoms with Crippen molar-refractivity contribution in [2.24, 2.45) is 11.8 Å². The van der Waals surface area contributed by atoms with Gasteiger partial charge < -0.3 is 14.6 Å². The summed E-state index contributed by atoms with van der Waals surface area (Å²) in [5.74, 6) is 2.21. The molecule has 2 rings (SSSR count). The molecule has 136 valence electrons. The van der Waals surface area contributed by atoms with Crippen LogP contribution in [0.2, 0.25) is 0 Å². The third-order valence-corrected chi connectivity index (χ3v) is 4.18. The minimum Gasteiger partial charge on any atom is -0.497 e. The highest BCUT2D eigenvalue weighted by molar-refractivity contribution is 5.76. The standard InChI is InChI=1S/C19H27N3O3/c1-6-13(4)17(20-16(23)11-12(2)3)19-21-18(22-25-19)14-7-9-15(24-5)10-8-14/h7-10,12-13,17H,6,11H2,1-5H3,(H,20,23)/t13-,17-/m0/s1. The molecule has 0 aliphatic heterocycles. The average Bonchev–Trinajstić information content (AvgIpc) is 3.08. The van der Waals surface area contributed by atoms with Crippen LogP contribution in [0.25, 0.3) is 11.4 Å². The number of methoxy groups -OCH3 is 1. The maximum atomic E-state index is 12.2. The highest BCUT2D eigenvalue weighted by Gasteiger charge is 2.26. The first-order valence-electron chi connectivity index (χ1n) is 8.72. The molecule has 1 N–H and O–H groups in total. The predicted molar refractivity (Wildman–Crippen MR) is 96.1 cm³/mol. The van der Waals surface area contributed by atoms with Crippen LogP contribution in [0.1, 0.15) is 52.5 Å². The number of hydrogen-bond donors (Lipinski definition) is 1. The van der Waals surface area contributed by atoms with Crippen LogP contribution in [0.3, 0.4) is 0 Å². The summed E-state index contributed by atoms with van der Waals surface area (Å²) in [5.41, 5.74) is 0.840. The number of amides is 1. The maximum Gasteiger partial charge on any atom is 0.249 e. The van der Waals surface area contributed by atoms with Gasteiger partial charge in [-0.1, -0.05) is 39.3 Å². The number of rotatable bonds is 8. The minimum absolute atomic E-state index is 0.00416. The van der Waals surface area contributed by atoms with Crippen LogP contribution in [0.5, 0.6) is 5.75 Å². The summed E-state index contributed by atoms with van der Waals surface area (Å²) in [6, 6.07) is 7.17. The molecule has 0 aliphatic rings. The van der Waals surface area contributed by atoms with E-state index in [9.17, 15) is 4.79 Å². The molecule has 0 spiro atoms. The minimum atomic E-state index is -0.282. The van der Waals surface area contributed by atoms with Crippen molar-refractivity contribution in [1.82, 2.24) is 15.5 Å². The number of carbonyl (C=O) groups excluding carboxylic acids is 1. The molecule has 2 atom stereocenters. The Hall–Kier alpha value is -2.37. The van der Waals surface area contributed by atoms with Gasteiger partial charge in [0.15, 0.2) is 0 Å². The summed E-state index contributed by atoms with van der Waals surface area (Å²) in [5, 5.41) is 7.11. The van der Waals surface area contributed by atoms with Crippen LogP contribution < -0.4 is 10.1 Å². The summed E-state index contributed by atoms with van der Waals surface area (Å²) < 4.78 is 10.6. The molecule has 0 fully saturated rings. The highest BCUT2D eigenvalue weighted by atomic mass is 16.5. The largest absolute Gasteiger partial charge is 0.497 e. The molecule has 6 heteroatoms. The molecule has 1 amide bonds. The Balaban J connectivity index is 2.20. The van der Waals surface area contributed by atoms with Crippen LogP contribution in [-0.2, 0) is 4.79 Å². The quantitative estimate of drug-likeness (QED) is 0.782. The van der Waals surface area contributed by atoms with Gasteiger partial charge in [0.05, 0.1) is 7.11 Å². The number of benzene rings is 1. The fourth-order valence-electron chi connectivity index (χ4n) is 2.51. The first-order valence-corrected chi connectivity index (χ1v) is 8.72. The lowest BCUT2D eigenvalue weighted by molar-refractivity contribution is -0.123. The Kier molecular flexibility index (Phi) is 6.56. The Morgan fingerprint density at radius 3 is 2.48 bits per heavy atom. The van der Waals surface area contributed by atoms with Crippen LogP contribution >= 0.6 is 0 Å². The molecule has 0 bridgehead atoms. The van der Waals surface area contributed by atoms with Gasteiger partial charge in [-0.2, -0.15) is 4.98 Å². The Morgan fingerprint density at radius 1 is 1.24 bits per heavy atom. The third-order valence-electron chi connectivity index (χ3n) is 4.18. The number of carbonyl (C=O) groups is 1. The third kappa shape index (κ3) is 5.05. The van der Waals surface area contributed by atoms with Crippen LogP contribution in [0, 0.1) is 11.8 Å².